The summed E-state index contributed by atoms with van der Waals surface area (Å²) in [5.41, 5.74) is 1.31. The molecule has 0 saturated carbocycles. The van der Waals surface area contributed by atoms with E-state index in [2.05, 4.69) is 25.6 Å². The summed E-state index contributed by atoms with van der Waals surface area (Å²) in [5, 5.41) is 0. The maximum atomic E-state index is 12.3. The van der Waals surface area contributed by atoms with Gasteiger partial charge in [0.25, 0.3) is 15.9 Å². The highest BCUT2D eigenvalue weighted by atomic mass is 79.9. The van der Waals surface area contributed by atoms with E-state index in [1.807, 2.05) is 24.3 Å². The molecule has 0 radical (unpaired) electrons. The van der Waals surface area contributed by atoms with Crippen molar-refractivity contribution in [1.82, 2.24) is 9.62 Å². The largest absolute Gasteiger partial charge is 0.454 e. The van der Waals surface area contributed by atoms with Crippen LogP contribution in [0, 0.1) is 0 Å². The number of rotatable bonds is 6. The Bertz CT molecular complexity index is 1120. The van der Waals surface area contributed by atoms with Gasteiger partial charge in [0, 0.05) is 23.6 Å². The lowest BCUT2D eigenvalue weighted by Crippen LogP contribution is -2.33. The van der Waals surface area contributed by atoms with Crippen LogP contribution < -0.4 is 4.72 Å². The first-order chi connectivity index (χ1) is 14.2. The molecule has 1 aliphatic heterocycles. The molecular weight excluding hydrogens is 474 g/mol. The first-order valence-electron chi connectivity index (χ1n) is 9.03. The van der Waals surface area contributed by atoms with Crippen LogP contribution in [0.15, 0.2) is 62.9 Å². The first-order valence-corrected chi connectivity index (χ1v) is 11.3. The van der Waals surface area contributed by atoms with Crippen molar-refractivity contribution >= 4 is 43.7 Å². The van der Waals surface area contributed by atoms with E-state index in [0.29, 0.717) is 12.1 Å². The third kappa shape index (κ3) is 4.88. The minimum Gasteiger partial charge on any atom is -0.454 e. The van der Waals surface area contributed by atoms with Gasteiger partial charge in [-0.15, -0.1) is 0 Å². The van der Waals surface area contributed by atoms with Crippen LogP contribution in [0.5, 0.6) is 0 Å². The van der Waals surface area contributed by atoms with Crippen LogP contribution in [0.25, 0.3) is 0 Å². The number of hydrogen-bond acceptors (Lipinski definition) is 6. The number of amides is 1. The highest BCUT2D eigenvalue weighted by Gasteiger charge is 2.31. The number of carbonyl (C=O) groups excluding carboxylic acids is 2. The van der Waals surface area contributed by atoms with Gasteiger partial charge in [0.1, 0.15) is 11.9 Å². The molecule has 1 amide bonds. The van der Waals surface area contributed by atoms with Gasteiger partial charge >= 0.3 is 5.97 Å². The molecule has 2 aromatic carbocycles. The second-order valence-electron chi connectivity index (χ2n) is 6.70. The molecule has 8 nitrogen and oxygen atoms in total. The van der Waals surface area contributed by atoms with Gasteiger partial charge < -0.3 is 9.64 Å². The van der Waals surface area contributed by atoms with Crippen LogP contribution in [0.3, 0.4) is 0 Å². The first kappa shape index (κ1) is 22.0. The molecule has 158 valence electrons. The fourth-order valence-corrected chi connectivity index (χ4v) is 4.46. The number of benzene rings is 2. The second kappa shape index (κ2) is 8.97. The van der Waals surface area contributed by atoms with E-state index >= 15 is 0 Å². The third-order valence-electron chi connectivity index (χ3n) is 4.46. The molecule has 0 bridgehead atoms. The Kier molecular flexibility index (Phi) is 6.57. The Morgan fingerprint density at radius 2 is 1.83 bits per heavy atom. The van der Waals surface area contributed by atoms with Crippen molar-refractivity contribution < 1.29 is 22.7 Å². The molecule has 1 aliphatic rings. The van der Waals surface area contributed by atoms with Crippen molar-refractivity contribution in [3.05, 3.63) is 64.1 Å². The molecule has 0 spiro atoms. The van der Waals surface area contributed by atoms with Crippen molar-refractivity contribution in [2.24, 2.45) is 4.99 Å². The summed E-state index contributed by atoms with van der Waals surface area (Å²) in [5.74, 6) is -1.02. The average Bonchev–Trinajstić information content (AvgIpc) is 2.97. The van der Waals surface area contributed by atoms with Crippen molar-refractivity contribution in [1.29, 1.82) is 0 Å². The number of nitrogens with zero attached hydrogens (tertiary/aromatic N) is 2. The zero-order chi connectivity index (χ0) is 21.9. The maximum absolute atomic E-state index is 12.3. The van der Waals surface area contributed by atoms with Crippen molar-refractivity contribution in [3.63, 3.8) is 0 Å². The molecule has 0 saturated heterocycles. The van der Waals surface area contributed by atoms with E-state index in [4.69, 9.17) is 4.74 Å². The van der Waals surface area contributed by atoms with Gasteiger partial charge in [0.15, 0.2) is 6.61 Å². The van der Waals surface area contributed by atoms with E-state index in [-0.39, 0.29) is 16.6 Å². The van der Waals surface area contributed by atoms with Gasteiger partial charge in [-0.05, 0) is 30.7 Å². The van der Waals surface area contributed by atoms with E-state index in [1.165, 1.54) is 17.9 Å². The average molecular weight is 494 g/mol. The summed E-state index contributed by atoms with van der Waals surface area (Å²) in [6, 6.07) is 12.9. The number of amidine groups is 1. The Hall–Kier alpha value is -2.72. The predicted octanol–water partition coefficient (Wildman–Crippen LogP) is 2.08. The quantitative estimate of drug-likeness (QED) is 0.620. The normalized spacial score (nSPS) is 16.4. The summed E-state index contributed by atoms with van der Waals surface area (Å²) < 4.78 is 32.5. The number of sulfonamides is 1. The number of ether oxygens (including phenoxy) is 1. The highest BCUT2D eigenvalue weighted by Crippen LogP contribution is 2.22. The lowest BCUT2D eigenvalue weighted by Gasteiger charge is -2.18. The van der Waals surface area contributed by atoms with Gasteiger partial charge in [-0.2, -0.15) is 0 Å². The fourth-order valence-electron chi connectivity index (χ4n) is 2.81. The molecule has 0 aromatic heterocycles. The summed E-state index contributed by atoms with van der Waals surface area (Å²) in [7, 11) is -2.08. The van der Waals surface area contributed by atoms with E-state index in [1.54, 1.807) is 25.2 Å². The molecule has 1 N–H and O–H groups in total. The van der Waals surface area contributed by atoms with Gasteiger partial charge in [-0.3, -0.25) is 14.5 Å². The van der Waals surface area contributed by atoms with Gasteiger partial charge in [-0.1, -0.05) is 46.3 Å². The molecule has 30 heavy (non-hydrogen) atoms. The van der Waals surface area contributed by atoms with Gasteiger partial charge in [0.2, 0.25) is 0 Å². The summed E-state index contributed by atoms with van der Waals surface area (Å²) in [4.78, 5) is 30.2. The molecule has 10 heteroatoms. The van der Waals surface area contributed by atoms with E-state index < -0.39 is 28.6 Å². The smallest absolute Gasteiger partial charge is 0.331 e. The Morgan fingerprint density at radius 1 is 1.17 bits per heavy atom. The van der Waals surface area contributed by atoms with Crippen molar-refractivity contribution in [2.75, 3.05) is 13.7 Å². The Balaban J connectivity index is 1.59. The van der Waals surface area contributed by atoms with Crippen molar-refractivity contribution in [3.8, 4) is 0 Å². The van der Waals surface area contributed by atoms with Gasteiger partial charge in [0.05, 0.1) is 4.90 Å². The monoisotopic (exact) mass is 493 g/mol. The van der Waals surface area contributed by atoms with Crippen LogP contribution >= 0.6 is 15.9 Å². The SMILES string of the molecule is CC(N=C1NS(=O)(=O)c2ccccc21)C(=O)OCC(=O)N(C)Cc1ccccc1Br. The fraction of sp³-hybridized carbons (Fsp3) is 0.250. The molecule has 1 atom stereocenters. The Labute approximate surface area is 183 Å². The van der Waals surface area contributed by atoms with Gasteiger partial charge in [-0.25, -0.2) is 13.2 Å². The molecule has 1 unspecified atom stereocenters. The second-order valence-corrected chi connectivity index (χ2v) is 9.21. The van der Waals surface area contributed by atoms with Crippen LogP contribution in [0.4, 0.5) is 0 Å². The molecule has 3 rings (SSSR count). The molecular formula is C20H20BrN3O5S. The van der Waals surface area contributed by atoms with Crippen LogP contribution in [-0.2, 0) is 30.9 Å². The minimum atomic E-state index is -3.69. The highest BCUT2D eigenvalue weighted by molar-refractivity contribution is 9.10. The zero-order valence-corrected chi connectivity index (χ0v) is 18.7. The number of carbonyl (C=O) groups is 2. The topological polar surface area (TPSA) is 105 Å². The molecule has 0 aliphatic carbocycles. The Morgan fingerprint density at radius 3 is 2.57 bits per heavy atom. The number of esters is 1. The zero-order valence-electron chi connectivity index (χ0n) is 16.3. The number of hydrogen-bond donors (Lipinski definition) is 1. The third-order valence-corrected chi connectivity index (χ3v) is 6.63. The van der Waals surface area contributed by atoms with E-state index in [9.17, 15) is 18.0 Å². The van der Waals surface area contributed by atoms with E-state index in [0.717, 1.165) is 10.0 Å². The van der Waals surface area contributed by atoms with Crippen molar-refractivity contribution in [2.45, 2.75) is 24.4 Å². The lowest BCUT2D eigenvalue weighted by molar-refractivity contribution is -0.152. The number of fused-ring (bicyclic) bond motifs is 1. The molecule has 2 aromatic rings. The molecule has 1 heterocycles. The maximum Gasteiger partial charge on any atom is 0.331 e. The lowest BCUT2D eigenvalue weighted by atomic mass is 10.2. The summed E-state index contributed by atoms with van der Waals surface area (Å²) in [6.45, 7) is 1.39. The predicted molar refractivity (Wildman–Crippen MR) is 114 cm³/mol. The summed E-state index contributed by atoms with van der Waals surface area (Å²) >= 11 is 3.43. The minimum absolute atomic E-state index is 0.0763. The van der Waals surface area contributed by atoms with Crippen LogP contribution in [0.2, 0.25) is 0 Å². The molecule has 0 fully saturated rings. The number of likely N-dealkylation sites (N-methyl/N-ethyl adjacent to an activating group) is 1. The number of aliphatic imine (C=N–C) groups is 1. The standard InChI is InChI=1S/C20H20BrN3O5S/c1-13(22-19-15-8-4-6-10-17(15)30(27,28)23-19)20(26)29-12-18(25)24(2)11-14-7-3-5-9-16(14)21/h3-10,13H,11-12H2,1-2H3,(H,22,23). The number of nitrogens with one attached hydrogen (secondary N) is 1. The number of halogens is 1. The van der Waals surface area contributed by atoms with Crippen LogP contribution in [0.1, 0.15) is 18.1 Å². The summed E-state index contributed by atoms with van der Waals surface area (Å²) in [6.07, 6.45) is 0. The van der Waals surface area contributed by atoms with Crippen LogP contribution in [-0.4, -0.2) is 50.7 Å².